The number of benzene rings is 1. The third kappa shape index (κ3) is 1.96. The Labute approximate surface area is 95.9 Å². The summed E-state index contributed by atoms with van der Waals surface area (Å²) in [7, 11) is 1.67. The molecule has 0 saturated heterocycles. The summed E-state index contributed by atoms with van der Waals surface area (Å²) in [4.78, 5) is 0. The van der Waals surface area contributed by atoms with E-state index in [0.717, 1.165) is 29.3 Å². The second kappa shape index (κ2) is 4.44. The van der Waals surface area contributed by atoms with Crippen LogP contribution in [0.5, 0.6) is 5.75 Å². The van der Waals surface area contributed by atoms with Crippen molar-refractivity contribution < 1.29 is 9.15 Å². The van der Waals surface area contributed by atoms with Crippen LogP contribution in [0.1, 0.15) is 18.2 Å². The van der Waals surface area contributed by atoms with Crippen molar-refractivity contribution in [2.24, 2.45) is 0 Å². The summed E-state index contributed by atoms with van der Waals surface area (Å²) >= 11 is 0. The first-order valence-electron chi connectivity index (χ1n) is 5.48. The van der Waals surface area contributed by atoms with Crippen molar-refractivity contribution in [1.29, 1.82) is 0 Å². The molecule has 0 unspecified atom stereocenters. The average molecular weight is 216 g/mol. The highest BCUT2D eigenvalue weighted by molar-refractivity contribution is 5.60. The fraction of sp³-hybridized carbons (Fsp3) is 0.286. The first-order chi connectivity index (χ1) is 7.74. The number of aryl methyl sites for hydroxylation is 2. The molecule has 2 rings (SSSR count). The average Bonchev–Trinajstić information content (AvgIpc) is 2.71. The van der Waals surface area contributed by atoms with Crippen molar-refractivity contribution in [2.45, 2.75) is 20.3 Å². The summed E-state index contributed by atoms with van der Waals surface area (Å²) in [5.41, 5.74) is 2.36. The first kappa shape index (κ1) is 10.8. The predicted molar refractivity (Wildman–Crippen MR) is 64.8 cm³/mol. The molecule has 0 spiro atoms. The van der Waals surface area contributed by atoms with Gasteiger partial charge in [0.1, 0.15) is 17.3 Å². The fourth-order valence-corrected chi connectivity index (χ4v) is 1.77. The highest BCUT2D eigenvalue weighted by Crippen LogP contribution is 2.27. The molecule has 0 aliphatic carbocycles. The number of rotatable bonds is 3. The van der Waals surface area contributed by atoms with Gasteiger partial charge in [-0.1, -0.05) is 6.92 Å². The van der Waals surface area contributed by atoms with E-state index in [2.05, 4.69) is 13.0 Å². The molecule has 16 heavy (non-hydrogen) atoms. The number of hydrogen-bond acceptors (Lipinski definition) is 2. The van der Waals surface area contributed by atoms with Gasteiger partial charge in [-0.25, -0.2) is 0 Å². The van der Waals surface area contributed by atoms with Crippen molar-refractivity contribution in [1.82, 2.24) is 0 Å². The van der Waals surface area contributed by atoms with Crippen LogP contribution < -0.4 is 4.74 Å². The maximum Gasteiger partial charge on any atom is 0.134 e. The maximum absolute atomic E-state index is 5.72. The SMILES string of the molecule is CCc1cc(-c2ccc(OC)cc2)oc1C. The molecule has 0 atom stereocenters. The molecule has 0 amide bonds. The number of hydrogen-bond donors (Lipinski definition) is 0. The zero-order chi connectivity index (χ0) is 11.5. The van der Waals surface area contributed by atoms with E-state index < -0.39 is 0 Å². The molecule has 84 valence electrons. The molecule has 0 N–H and O–H groups in total. The Kier molecular flexibility index (Phi) is 3.00. The lowest BCUT2D eigenvalue weighted by molar-refractivity contribution is 0.415. The van der Waals surface area contributed by atoms with Gasteiger partial charge in [-0.15, -0.1) is 0 Å². The van der Waals surface area contributed by atoms with Crippen molar-refractivity contribution in [3.8, 4) is 17.1 Å². The summed E-state index contributed by atoms with van der Waals surface area (Å²) in [5.74, 6) is 2.80. The summed E-state index contributed by atoms with van der Waals surface area (Å²) in [6.07, 6.45) is 1.01. The first-order valence-corrected chi connectivity index (χ1v) is 5.48. The van der Waals surface area contributed by atoms with E-state index in [1.165, 1.54) is 5.56 Å². The Balaban J connectivity index is 2.34. The molecule has 2 heteroatoms. The predicted octanol–water partition coefficient (Wildman–Crippen LogP) is 3.83. The van der Waals surface area contributed by atoms with E-state index in [4.69, 9.17) is 9.15 Å². The van der Waals surface area contributed by atoms with E-state index in [9.17, 15) is 0 Å². The molecule has 0 bridgehead atoms. The smallest absolute Gasteiger partial charge is 0.134 e. The molecule has 0 aliphatic rings. The quantitative estimate of drug-likeness (QED) is 0.778. The van der Waals surface area contributed by atoms with Gasteiger partial charge in [0.05, 0.1) is 7.11 Å². The van der Waals surface area contributed by atoms with Crippen LogP contribution in [0.3, 0.4) is 0 Å². The topological polar surface area (TPSA) is 22.4 Å². The third-order valence-electron chi connectivity index (χ3n) is 2.78. The van der Waals surface area contributed by atoms with Crippen LogP contribution in [0.4, 0.5) is 0 Å². The summed E-state index contributed by atoms with van der Waals surface area (Å²) in [6.45, 7) is 4.14. The van der Waals surface area contributed by atoms with E-state index in [-0.39, 0.29) is 0 Å². The van der Waals surface area contributed by atoms with Gasteiger partial charge in [0.15, 0.2) is 0 Å². The van der Waals surface area contributed by atoms with Crippen LogP contribution >= 0.6 is 0 Å². The standard InChI is InChI=1S/C14H16O2/c1-4-11-9-14(16-10(11)2)12-5-7-13(15-3)8-6-12/h5-9H,4H2,1-3H3. The van der Waals surface area contributed by atoms with E-state index >= 15 is 0 Å². The van der Waals surface area contributed by atoms with Gasteiger partial charge in [-0.05, 0) is 49.2 Å². The van der Waals surface area contributed by atoms with Crippen LogP contribution in [0.2, 0.25) is 0 Å². The normalized spacial score (nSPS) is 10.4. The molecule has 2 nitrogen and oxygen atoms in total. The zero-order valence-electron chi connectivity index (χ0n) is 9.91. The van der Waals surface area contributed by atoms with Crippen molar-refractivity contribution in [3.05, 3.63) is 41.7 Å². The second-order valence-electron chi connectivity index (χ2n) is 3.77. The molecule has 0 saturated carbocycles. The van der Waals surface area contributed by atoms with E-state index in [1.54, 1.807) is 7.11 Å². The van der Waals surface area contributed by atoms with Crippen molar-refractivity contribution in [3.63, 3.8) is 0 Å². The second-order valence-corrected chi connectivity index (χ2v) is 3.77. The maximum atomic E-state index is 5.72. The van der Waals surface area contributed by atoms with Gasteiger partial charge in [-0.2, -0.15) is 0 Å². The minimum Gasteiger partial charge on any atom is -0.497 e. The van der Waals surface area contributed by atoms with Gasteiger partial charge in [-0.3, -0.25) is 0 Å². The van der Waals surface area contributed by atoms with E-state index in [0.29, 0.717) is 0 Å². The molecule has 1 aromatic heterocycles. The number of ether oxygens (including phenoxy) is 1. The summed E-state index contributed by atoms with van der Waals surface area (Å²) in [6, 6.07) is 10.0. The summed E-state index contributed by atoms with van der Waals surface area (Å²) in [5, 5.41) is 0. The van der Waals surface area contributed by atoms with Crippen LogP contribution in [-0.4, -0.2) is 7.11 Å². The Hall–Kier alpha value is -1.70. The van der Waals surface area contributed by atoms with Crippen molar-refractivity contribution in [2.75, 3.05) is 7.11 Å². The minimum atomic E-state index is 0.864. The Morgan fingerprint density at radius 3 is 2.38 bits per heavy atom. The lowest BCUT2D eigenvalue weighted by Gasteiger charge is -2.00. The summed E-state index contributed by atoms with van der Waals surface area (Å²) < 4.78 is 10.8. The largest absolute Gasteiger partial charge is 0.497 e. The molecule has 1 aromatic carbocycles. The molecule has 1 heterocycles. The van der Waals surface area contributed by atoms with Crippen LogP contribution in [0, 0.1) is 6.92 Å². The van der Waals surface area contributed by atoms with Gasteiger partial charge < -0.3 is 9.15 Å². The lowest BCUT2D eigenvalue weighted by atomic mass is 10.1. The monoisotopic (exact) mass is 216 g/mol. The highest BCUT2D eigenvalue weighted by atomic mass is 16.5. The molecule has 0 fully saturated rings. The lowest BCUT2D eigenvalue weighted by Crippen LogP contribution is -1.81. The van der Waals surface area contributed by atoms with Crippen LogP contribution in [-0.2, 0) is 6.42 Å². The Morgan fingerprint density at radius 1 is 1.19 bits per heavy atom. The van der Waals surface area contributed by atoms with E-state index in [1.807, 2.05) is 31.2 Å². The van der Waals surface area contributed by atoms with Gasteiger partial charge in [0, 0.05) is 5.56 Å². The van der Waals surface area contributed by atoms with Crippen LogP contribution in [0.25, 0.3) is 11.3 Å². The number of methoxy groups -OCH3 is 1. The fourth-order valence-electron chi connectivity index (χ4n) is 1.77. The molecule has 2 aromatic rings. The third-order valence-corrected chi connectivity index (χ3v) is 2.78. The molecular formula is C14H16O2. The van der Waals surface area contributed by atoms with Crippen LogP contribution in [0.15, 0.2) is 34.7 Å². The molecular weight excluding hydrogens is 200 g/mol. The van der Waals surface area contributed by atoms with Gasteiger partial charge in [0.25, 0.3) is 0 Å². The molecule has 0 radical (unpaired) electrons. The highest BCUT2D eigenvalue weighted by Gasteiger charge is 2.07. The Morgan fingerprint density at radius 2 is 1.88 bits per heavy atom. The van der Waals surface area contributed by atoms with Gasteiger partial charge >= 0.3 is 0 Å². The zero-order valence-corrected chi connectivity index (χ0v) is 9.91. The van der Waals surface area contributed by atoms with Gasteiger partial charge in [0.2, 0.25) is 0 Å². The number of furan rings is 1. The Bertz CT molecular complexity index is 466. The van der Waals surface area contributed by atoms with Crippen molar-refractivity contribution >= 4 is 0 Å². The minimum absolute atomic E-state index is 0.864. The molecule has 0 aliphatic heterocycles.